The van der Waals surface area contributed by atoms with Gasteiger partial charge in [-0.05, 0) is 79.5 Å². The second kappa shape index (κ2) is 12.1. The van der Waals surface area contributed by atoms with Crippen molar-refractivity contribution in [3.8, 4) is 5.75 Å². The fraction of sp³-hybridized carbons (Fsp3) is 0.467. The zero-order chi connectivity index (χ0) is 28.9. The average molecular weight is 554 g/mol. The monoisotopic (exact) mass is 553 g/mol. The van der Waals surface area contributed by atoms with Gasteiger partial charge in [0, 0.05) is 25.7 Å². The van der Waals surface area contributed by atoms with Gasteiger partial charge in [-0.25, -0.2) is 4.39 Å². The highest BCUT2D eigenvalue weighted by Crippen LogP contribution is 2.66. The van der Waals surface area contributed by atoms with Crippen LogP contribution >= 0.6 is 0 Å². The number of methoxy groups -OCH3 is 1. The first-order valence-corrected chi connectivity index (χ1v) is 13.4. The summed E-state index contributed by atoms with van der Waals surface area (Å²) in [5, 5.41) is 0. The van der Waals surface area contributed by atoms with Crippen LogP contribution in [0.4, 0.5) is 4.39 Å². The molecule has 4 fully saturated rings. The largest absolute Gasteiger partial charge is 0.497 e. The first kappa shape index (κ1) is 29.0. The van der Waals surface area contributed by atoms with E-state index in [0.29, 0.717) is 48.0 Å². The van der Waals surface area contributed by atoms with E-state index >= 15 is 4.39 Å². The number of carbonyl (C=O) groups excluding carboxylic acids is 4. The minimum atomic E-state index is -0.718. The quantitative estimate of drug-likeness (QED) is 0.309. The van der Waals surface area contributed by atoms with Gasteiger partial charge in [0.25, 0.3) is 11.8 Å². The van der Waals surface area contributed by atoms with Crippen molar-refractivity contribution in [3.63, 3.8) is 0 Å². The summed E-state index contributed by atoms with van der Waals surface area (Å²) in [6.07, 6.45) is 5.42. The van der Waals surface area contributed by atoms with Crippen molar-refractivity contribution >= 4 is 24.2 Å². The maximum atomic E-state index is 15.1. The molecule has 0 aliphatic heterocycles. The lowest BCUT2D eigenvalue weighted by Crippen LogP contribution is -2.57. The van der Waals surface area contributed by atoms with Crippen LogP contribution in [-0.4, -0.2) is 56.9 Å². The summed E-state index contributed by atoms with van der Waals surface area (Å²) in [5.41, 5.74) is 4.52. The number of hydrogen-bond donors (Lipinski definition) is 2. The van der Waals surface area contributed by atoms with Gasteiger partial charge in [0.05, 0.1) is 12.5 Å². The summed E-state index contributed by atoms with van der Waals surface area (Å²) in [5.74, 6) is -0.681. The molecular weight excluding hydrogens is 517 g/mol. The van der Waals surface area contributed by atoms with Crippen LogP contribution in [0.3, 0.4) is 0 Å². The molecule has 0 saturated heterocycles. The zero-order valence-corrected chi connectivity index (χ0v) is 23.1. The predicted molar refractivity (Wildman–Crippen MR) is 145 cm³/mol. The van der Waals surface area contributed by atoms with Gasteiger partial charge in [-0.1, -0.05) is 24.3 Å². The third kappa shape index (κ3) is 6.26. The maximum Gasteiger partial charge on any atom is 0.312 e. The van der Waals surface area contributed by atoms with E-state index in [1.807, 2.05) is 0 Å². The molecule has 2 unspecified atom stereocenters. The Morgan fingerprint density at radius 1 is 1.02 bits per heavy atom. The van der Waals surface area contributed by atoms with Crippen LogP contribution in [0.5, 0.6) is 5.75 Å². The number of esters is 1. The highest BCUT2D eigenvalue weighted by molar-refractivity contribution is 5.95. The SMILES string of the molecule is CN(C)C=O.COc1ccc(C23CC4CC(CC(C(=O)OCC(=O)NNC(=O)c5ccccc5)(C4)C2)C3)c(F)c1. The van der Waals surface area contributed by atoms with Crippen molar-refractivity contribution in [2.24, 2.45) is 17.3 Å². The van der Waals surface area contributed by atoms with E-state index in [-0.39, 0.29) is 5.82 Å². The zero-order valence-electron chi connectivity index (χ0n) is 23.1. The lowest BCUT2D eigenvalue weighted by Gasteiger charge is -2.61. The Hall–Kier alpha value is -3.95. The molecule has 6 rings (SSSR count). The first-order chi connectivity index (χ1) is 19.1. The summed E-state index contributed by atoms with van der Waals surface area (Å²) < 4.78 is 25.7. The van der Waals surface area contributed by atoms with Crippen LogP contribution in [0.15, 0.2) is 48.5 Å². The van der Waals surface area contributed by atoms with Crippen LogP contribution in [0.1, 0.15) is 54.4 Å². The van der Waals surface area contributed by atoms with E-state index < -0.39 is 35.2 Å². The maximum absolute atomic E-state index is 15.1. The number of nitrogens with one attached hydrogen (secondary N) is 2. The normalized spacial score (nSPS) is 25.6. The predicted octanol–water partition coefficient (Wildman–Crippen LogP) is 3.38. The molecule has 4 saturated carbocycles. The Kier molecular flexibility index (Phi) is 8.76. The molecule has 4 bridgehead atoms. The van der Waals surface area contributed by atoms with Crippen molar-refractivity contribution in [1.29, 1.82) is 0 Å². The first-order valence-electron chi connectivity index (χ1n) is 13.4. The highest BCUT2D eigenvalue weighted by atomic mass is 19.1. The molecule has 4 aliphatic carbocycles. The number of rotatable bonds is 7. The van der Waals surface area contributed by atoms with Crippen LogP contribution in [0.25, 0.3) is 0 Å². The molecule has 214 valence electrons. The summed E-state index contributed by atoms with van der Waals surface area (Å²) in [4.78, 5) is 48.5. The number of hydrazine groups is 1. The number of halogens is 1. The summed E-state index contributed by atoms with van der Waals surface area (Å²) in [7, 11) is 4.88. The van der Waals surface area contributed by atoms with E-state index in [9.17, 15) is 19.2 Å². The van der Waals surface area contributed by atoms with Gasteiger partial charge in [-0.3, -0.25) is 30.0 Å². The van der Waals surface area contributed by atoms with Gasteiger partial charge in [-0.15, -0.1) is 0 Å². The molecule has 9 nitrogen and oxygen atoms in total. The van der Waals surface area contributed by atoms with Crippen LogP contribution in [0, 0.1) is 23.1 Å². The van der Waals surface area contributed by atoms with E-state index in [2.05, 4.69) is 10.9 Å². The molecule has 0 aromatic heterocycles. The molecule has 10 heteroatoms. The Labute approximate surface area is 233 Å². The number of amides is 3. The Morgan fingerprint density at radius 2 is 1.68 bits per heavy atom. The average Bonchev–Trinajstić information content (AvgIpc) is 2.94. The van der Waals surface area contributed by atoms with Gasteiger partial charge in [0.2, 0.25) is 6.41 Å². The van der Waals surface area contributed by atoms with E-state index in [1.54, 1.807) is 56.6 Å². The molecule has 2 N–H and O–H groups in total. The smallest absolute Gasteiger partial charge is 0.312 e. The molecule has 0 radical (unpaired) electrons. The fourth-order valence-electron chi connectivity index (χ4n) is 6.98. The second-order valence-electron chi connectivity index (χ2n) is 11.4. The van der Waals surface area contributed by atoms with Gasteiger partial charge in [0.15, 0.2) is 6.61 Å². The van der Waals surface area contributed by atoms with Crippen molar-refractivity contribution in [1.82, 2.24) is 15.8 Å². The molecule has 2 atom stereocenters. The third-order valence-corrected chi connectivity index (χ3v) is 8.14. The topological polar surface area (TPSA) is 114 Å². The van der Waals surface area contributed by atoms with Crippen molar-refractivity contribution in [2.45, 2.75) is 43.9 Å². The molecule has 2 aromatic carbocycles. The second-order valence-corrected chi connectivity index (χ2v) is 11.4. The fourth-order valence-corrected chi connectivity index (χ4v) is 6.98. The minimum Gasteiger partial charge on any atom is -0.497 e. The van der Waals surface area contributed by atoms with Crippen molar-refractivity contribution in [3.05, 3.63) is 65.5 Å². The summed E-state index contributed by atoms with van der Waals surface area (Å²) >= 11 is 0. The van der Waals surface area contributed by atoms with E-state index in [0.717, 1.165) is 25.7 Å². The highest BCUT2D eigenvalue weighted by Gasteiger charge is 2.62. The number of hydrogen-bond acceptors (Lipinski definition) is 6. The van der Waals surface area contributed by atoms with Gasteiger partial charge < -0.3 is 14.4 Å². The molecule has 0 heterocycles. The standard InChI is InChI=1S/C27H29FN2O5.C3H7NO/c1-34-20-7-8-21(22(28)10-20)26-11-17-9-18(12-26)14-27(13-17,16-26)25(33)35-15-23(31)29-30-24(32)19-5-3-2-4-6-19;1-4(2)3-5/h2-8,10,17-18H,9,11-16H2,1H3,(H,29,31)(H,30,32);3H,1-2H3. The van der Waals surface area contributed by atoms with Gasteiger partial charge >= 0.3 is 5.97 Å². The van der Waals surface area contributed by atoms with E-state index in [1.165, 1.54) is 18.1 Å². The summed E-state index contributed by atoms with van der Waals surface area (Å²) in [6, 6.07) is 13.4. The molecule has 2 aromatic rings. The number of nitrogens with zero attached hydrogens (tertiary/aromatic N) is 1. The van der Waals surface area contributed by atoms with Crippen LogP contribution in [-0.2, 0) is 24.5 Å². The van der Waals surface area contributed by atoms with Gasteiger partial charge in [-0.2, -0.15) is 0 Å². The Morgan fingerprint density at radius 3 is 2.25 bits per heavy atom. The lowest BCUT2D eigenvalue weighted by molar-refractivity contribution is -0.175. The molecular formula is C30H36FN3O6. The Bertz CT molecular complexity index is 1240. The molecule has 4 aliphatic rings. The van der Waals surface area contributed by atoms with Gasteiger partial charge in [0.1, 0.15) is 11.6 Å². The minimum absolute atomic E-state index is 0.302. The number of benzene rings is 2. The molecule has 3 amide bonds. The number of carbonyl (C=O) groups is 4. The molecule has 0 spiro atoms. The van der Waals surface area contributed by atoms with Crippen molar-refractivity contribution in [2.75, 3.05) is 27.8 Å². The third-order valence-electron chi connectivity index (χ3n) is 8.14. The van der Waals surface area contributed by atoms with E-state index in [4.69, 9.17) is 9.47 Å². The lowest BCUT2D eigenvalue weighted by atomic mass is 9.43. The number of ether oxygens (including phenoxy) is 2. The van der Waals surface area contributed by atoms with Crippen LogP contribution < -0.4 is 15.6 Å². The Balaban J connectivity index is 0.000000681. The summed E-state index contributed by atoms with van der Waals surface area (Å²) in [6.45, 7) is -0.491. The van der Waals surface area contributed by atoms with Crippen LogP contribution in [0.2, 0.25) is 0 Å². The molecule has 40 heavy (non-hydrogen) atoms. The van der Waals surface area contributed by atoms with Crippen molar-refractivity contribution < 1.29 is 33.0 Å².